The van der Waals surface area contributed by atoms with Crippen LogP contribution in [0.15, 0.2) is 48.5 Å². The van der Waals surface area contributed by atoms with E-state index in [2.05, 4.69) is 58.3 Å². The topological polar surface area (TPSA) is 56.3 Å². The van der Waals surface area contributed by atoms with Crippen molar-refractivity contribution in [1.82, 2.24) is 9.80 Å². The molecule has 1 amide bonds. The molecule has 176 valence electrons. The molecule has 0 spiro atoms. The molecule has 0 saturated carbocycles. The van der Waals surface area contributed by atoms with Crippen LogP contribution in [0.4, 0.5) is 10.5 Å². The van der Waals surface area contributed by atoms with Crippen LogP contribution in [0.5, 0.6) is 0 Å². The Bertz CT molecular complexity index is 959. The van der Waals surface area contributed by atoms with Crippen molar-refractivity contribution in [1.29, 1.82) is 0 Å². The van der Waals surface area contributed by atoms with Crippen molar-refractivity contribution in [3.63, 3.8) is 0 Å². The van der Waals surface area contributed by atoms with Gasteiger partial charge in [0.2, 0.25) is 0 Å². The molecule has 1 unspecified atom stereocenters. The molecule has 6 rings (SSSR count). The third-order valence-electron chi connectivity index (χ3n) is 7.93. The Morgan fingerprint density at radius 2 is 1.52 bits per heavy atom. The number of anilines is 1. The number of carboxylic acid groups (broad SMARTS) is 1. The zero-order valence-electron chi connectivity index (χ0n) is 19.7. The van der Waals surface area contributed by atoms with Gasteiger partial charge in [-0.2, -0.15) is 0 Å². The fourth-order valence-corrected chi connectivity index (χ4v) is 5.92. The van der Waals surface area contributed by atoms with Gasteiger partial charge in [-0.3, -0.25) is 4.90 Å². The van der Waals surface area contributed by atoms with Gasteiger partial charge in [-0.15, -0.1) is 0 Å². The number of amides is 1. The third kappa shape index (κ3) is 4.34. The highest BCUT2D eigenvalue weighted by Crippen LogP contribution is 2.38. The highest BCUT2D eigenvalue weighted by atomic mass is 16.5. The Morgan fingerprint density at radius 1 is 0.939 bits per heavy atom. The van der Waals surface area contributed by atoms with Crippen LogP contribution in [0.2, 0.25) is 0 Å². The van der Waals surface area contributed by atoms with Gasteiger partial charge in [-0.1, -0.05) is 36.4 Å². The maximum atomic E-state index is 12.4. The summed E-state index contributed by atoms with van der Waals surface area (Å²) >= 11 is 0. The van der Waals surface area contributed by atoms with Crippen molar-refractivity contribution in [3.8, 4) is 11.1 Å². The van der Waals surface area contributed by atoms with E-state index in [4.69, 9.17) is 4.74 Å². The van der Waals surface area contributed by atoms with Crippen LogP contribution in [-0.2, 0) is 10.3 Å². The molecule has 33 heavy (non-hydrogen) atoms. The fraction of sp³-hybridized carbons (Fsp3) is 0.519. The van der Waals surface area contributed by atoms with Crippen molar-refractivity contribution in [3.05, 3.63) is 54.1 Å². The molecular formula is C27H35N3O3. The van der Waals surface area contributed by atoms with E-state index in [9.17, 15) is 9.90 Å². The quantitative estimate of drug-likeness (QED) is 0.728. The Kier molecular flexibility index (Phi) is 6.06. The highest BCUT2D eigenvalue weighted by Gasteiger charge is 2.45. The minimum absolute atomic E-state index is 0.0624. The summed E-state index contributed by atoms with van der Waals surface area (Å²) in [5.41, 5.74) is 3.99. The maximum absolute atomic E-state index is 12.4. The van der Waals surface area contributed by atoms with Gasteiger partial charge in [0.25, 0.3) is 0 Å². The van der Waals surface area contributed by atoms with E-state index in [0.717, 1.165) is 69.9 Å². The Morgan fingerprint density at radius 3 is 2.03 bits per heavy atom. The number of rotatable bonds is 5. The molecule has 2 bridgehead atoms. The Labute approximate surface area is 196 Å². The highest BCUT2D eigenvalue weighted by molar-refractivity contribution is 5.69. The second-order valence-electron chi connectivity index (χ2n) is 10.1. The standard InChI is InChI=1S/C27H35N3O3/c1-27(2,30(26(31)32)25-19-28-13-11-22(25)12-14-28)23-7-3-20(4-8-23)21-5-9-24(10-6-21)29-15-17-33-18-16-29/h3-10,22,25H,11-19H2,1-2H3,(H,31,32). The number of benzene rings is 2. The van der Waals surface area contributed by atoms with Crippen LogP contribution in [0.25, 0.3) is 11.1 Å². The summed E-state index contributed by atoms with van der Waals surface area (Å²) in [7, 11) is 0. The van der Waals surface area contributed by atoms with Crippen LogP contribution >= 0.6 is 0 Å². The molecule has 2 aromatic carbocycles. The third-order valence-corrected chi connectivity index (χ3v) is 7.93. The lowest BCUT2D eigenvalue weighted by Gasteiger charge is -2.52. The summed E-state index contributed by atoms with van der Waals surface area (Å²) in [5, 5.41) is 10.2. The summed E-state index contributed by atoms with van der Waals surface area (Å²) < 4.78 is 5.45. The lowest BCUT2D eigenvalue weighted by atomic mass is 9.80. The zero-order chi connectivity index (χ0) is 23.0. The van der Waals surface area contributed by atoms with Crippen LogP contribution < -0.4 is 4.90 Å². The number of piperidine rings is 3. The van der Waals surface area contributed by atoms with Gasteiger partial charge >= 0.3 is 6.09 Å². The van der Waals surface area contributed by atoms with E-state index >= 15 is 0 Å². The van der Waals surface area contributed by atoms with Crippen molar-refractivity contribution in [2.24, 2.45) is 5.92 Å². The molecule has 6 heteroatoms. The van der Waals surface area contributed by atoms with Gasteiger partial charge in [-0.05, 0) is 74.5 Å². The summed E-state index contributed by atoms with van der Waals surface area (Å²) in [6, 6.07) is 17.2. The molecule has 4 aliphatic rings. The van der Waals surface area contributed by atoms with Crippen LogP contribution in [-0.4, -0.2) is 73.0 Å². The van der Waals surface area contributed by atoms with E-state index < -0.39 is 11.6 Å². The lowest BCUT2D eigenvalue weighted by Crippen LogP contribution is -2.62. The van der Waals surface area contributed by atoms with Crippen molar-refractivity contribution in [2.45, 2.75) is 38.3 Å². The smallest absolute Gasteiger partial charge is 0.408 e. The average Bonchev–Trinajstić information content (AvgIpc) is 2.85. The molecule has 4 fully saturated rings. The lowest BCUT2D eigenvalue weighted by molar-refractivity contribution is -0.0289. The molecule has 0 aliphatic carbocycles. The molecule has 4 heterocycles. The molecule has 0 aromatic heterocycles. The van der Waals surface area contributed by atoms with Crippen LogP contribution in [0.3, 0.4) is 0 Å². The fourth-order valence-electron chi connectivity index (χ4n) is 5.92. The van der Waals surface area contributed by atoms with Gasteiger partial charge in [-0.25, -0.2) is 4.79 Å². The Balaban J connectivity index is 1.34. The van der Waals surface area contributed by atoms with E-state index in [1.807, 2.05) is 13.8 Å². The second-order valence-corrected chi connectivity index (χ2v) is 10.1. The molecular weight excluding hydrogens is 414 g/mol. The largest absolute Gasteiger partial charge is 0.465 e. The van der Waals surface area contributed by atoms with Gasteiger partial charge < -0.3 is 19.6 Å². The number of nitrogens with zero attached hydrogens (tertiary/aromatic N) is 3. The molecule has 4 aliphatic heterocycles. The van der Waals surface area contributed by atoms with Crippen LogP contribution in [0.1, 0.15) is 32.3 Å². The summed E-state index contributed by atoms with van der Waals surface area (Å²) in [6.07, 6.45) is 1.38. The summed E-state index contributed by atoms with van der Waals surface area (Å²) in [5.74, 6) is 0.467. The first-order chi connectivity index (χ1) is 15.9. The first kappa shape index (κ1) is 22.2. The number of fused-ring (bicyclic) bond motifs is 3. The predicted octanol–water partition coefficient (Wildman–Crippen LogP) is 4.50. The first-order valence-electron chi connectivity index (χ1n) is 12.2. The summed E-state index contributed by atoms with van der Waals surface area (Å²) in [4.78, 5) is 18.9. The van der Waals surface area contributed by atoms with E-state index in [0.29, 0.717) is 5.92 Å². The van der Waals surface area contributed by atoms with Crippen molar-refractivity contribution < 1.29 is 14.6 Å². The zero-order valence-corrected chi connectivity index (χ0v) is 19.7. The number of morpholine rings is 1. The molecule has 6 nitrogen and oxygen atoms in total. The van der Waals surface area contributed by atoms with Crippen molar-refractivity contribution >= 4 is 11.8 Å². The van der Waals surface area contributed by atoms with Gasteiger partial charge in [0.1, 0.15) is 0 Å². The summed E-state index contributed by atoms with van der Waals surface area (Å²) in [6.45, 7) is 10.6. The molecule has 1 N–H and O–H groups in total. The Hall–Kier alpha value is -2.57. The first-order valence-corrected chi connectivity index (χ1v) is 12.2. The number of ether oxygens (including phenoxy) is 1. The monoisotopic (exact) mass is 449 g/mol. The average molecular weight is 450 g/mol. The number of hydrogen-bond acceptors (Lipinski definition) is 4. The van der Waals surface area contributed by atoms with Crippen molar-refractivity contribution in [2.75, 3.05) is 50.8 Å². The molecule has 1 atom stereocenters. The normalized spacial score (nSPS) is 25.2. The van der Waals surface area contributed by atoms with Crippen LogP contribution in [0, 0.1) is 5.92 Å². The maximum Gasteiger partial charge on any atom is 0.408 e. The van der Waals surface area contributed by atoms with Gasteiger partial charge in [0.15, 0.2) is 0 Å². The van der Waals surface area contributed by atoms with E-state index in [1.54, 1.807) is 4.90 Å². The molecule has 4 saturated heterocycles. The predicted molar refractivity (Wildman–Crippen MR) is 131 cm³/mol. The second kappa shape index (κ2) is 8.99. The van der Waals surface area contributed by atoms with E-state index in [-0.39, 0.29) is 6.04 Å². The van der Waals surface area contributed by atoms with Gasteiger partial charge in [0.05, 0.1) is 24.8 Å². The SMILES string of the molecule is CC(C)(c1ccc(-c2ccc(N3CCOCC3)cc2)cc1)N(C(=O)O)C1CN2CCC1CC2. The minimum Gasteiger partial charge on any atom is -0.465 e. The van der Waals surface area contributed by atoms with E-state index in [1.165, 1.54) is 11.3 Å². The number of carbonyl (C=O) groups is 1. The molecule has 0 radical (unpaired) electrons. The number of hydrogen-bond donors (Lipinski definition) is 1. The minimum atomic E-state index is -0.818. The van der Waals surface area contributed by atoms with Gasteiger partial charge in [0, 0.05) is 25.3 Å². The molecule has 2 aromatic rings.